The van der Waals surface area contributed by atoms with E-state index >= 15 is 0 Å². The van der Waals surface area contributed by atoms with Gasteiger partial charge in [0.2, 0.25) is 0 Å². The quantitative estimate of drug-likeness (QED) is 0.231. The number of anilines is 2. The van der Waals surface area contributed by atoms with Crippen LogP contribution < -0.4 is 14.5 Å². The third-order valence-electron chi connectivity index (χ3n) is 7.61. The van der Waals surface area contributed by atoms with Crippen molar-refractivity contribution in [1.82, 2.24) is 0 Å². The highest BCUT2D eigenvalue weighted by atomic mass is 16.5. The lowest BCUT2D eigenvalue weighted by molar-refractivity contribution is -0.132. The molecule has 0 aliphatic carbocycles. The molecule has 0 saturated carbocycles. The molecule has 3 heterocycles. The Labute approximate surface area is 229 Å². The lowest BCUT2D eigenvalue weighted by Gasteiger charge is -2.29. The first-order valence-corrected chi connectivity index (χ1v) is 13.5. The number of rotatable bonds is 5. The Morgan fingerprint density at radius 1 is 0.949 bits per heavy atom. The maximum absolute atomic E-state index is 13.5. The van der Waals surface area contributed by atoms with Crippen LogP contribution in [0.15, 0.2) is 64.6 Å². The number of piperidine rings is 1. The molecule has 5 rings (SSSR count). The molecule has 1 aromatic heterocycles. The van der Waals surface area contributed by atoms with Gasteiger partial charge in [0.25, 0.3) is 11.7 Å². The molecule has 0 spiro atoms. The molecule has 1 amide bonds. The minimum Gasteiger partial charge on any atom is -0.507 e. The fourth-order valence-corrected chi connectivity index (χ4v) is 5.54. The van der Waals surface area contributed by atoms with E-state index in [1.165, 1.54) is 11.3 Å². The fraction of sp³-hybridized carbons (Fsp3) is 0.375. The minimum absolute atomic E-state index is 0.000479. The Hall–Kier alpha value is -4.00. The third kappa shape index (κ3) is 4.93. The van der Waals surface area contributed by atoms with Crippen LogP contribution in [0, 0.1) is 6.92 Å². The lowest BCUT2D eigenvalue weighted by atomic mass is 9.84. The summed E-state index contributed by atoms with van der Waals surface area (Å²) in [6.07, 6.45) is 3.57. The van der Waals surface area contributed by atoms with Gasteiger partial charge in [-0.2, -0.15) is 0 Å². The van der Waals surface area contributed by atoms with Gasteiger partial charge < -0.3 is 19.2 Å². The van der Waals surface area contributed by atoms with E-state index in [1.807, 2.05) is 58.0 Å². The SMILES string of the molecule is COc1ccc(/C(O)=C2/C(=O)C(=O)N(c3ccc(N4CCCCC4)cc3)C2c2ccc(C)o2)cc1C(C)(C)C. The van der Waals surface area contributed by atoms with Crippen LogP contribution in [0.4, 0.5) is 11.4 Å². The molecule has 1 atom stereocenters. The van der Waals surface area contributed by atoms with Crippen molar-refractivity contribution in [2.75, 3.05) is 30.0 Å². The van der Waals surface area contributed by atoms with Crippen molar-refractivity contribution >= 4 is 28.8 Å². The number of furan rings is 1. The van der Waals surface area contributed by atoms with E-state index in [4.69, 9.17) is 9.15 Å². The third-order valence-corrected chi connectivity index (χ3v) is 7.61. The zero-order valence-electron chi connectivity index (χ0n) is 23.3. The molecule has 1 N–H and O–H groups in total. The number of nitrogens with zero attached hydrogens (tertiary/aromatic N) is 2. The van der Waals surface area contributed by atoms with Crippen molar-refractivity contribution in [1.29, 1.82) is 0 Å². The van der Waals surface area contributed by atoms with Crippen LogP contribution in [0.1, 0.15) is 68.7 Å². The van der Waals surface area contributed by atoms with Crippen molar-refractivity contribution in [3.8, 4) is 5.75 Å². The number of aliphatic hydroxyl groups excluding tert-OH is 1. The molecule has 2 aliphatic heterocycles. The van der Waals surface area contributed by atoms with Crippen LogP contribution in [-0.2, 0) is 15.0 Å². The second-order valence-electron chi connectivity index (χ2n) is 11.3. The van der Waals surface area contributed by atoms with Gasteiger partial charge in [0.05, 0.1) is 12.7 Å². The summed E-state index contributed by atoms with van der Waals surface area (Å²) in [4.78, 5) is 30.8. The number of aryl methyl sites for hydroxylation is 1. The number of Topliss-reactive ketones (excluding diaryl/α,β-unsaturated/α-hetero) is 1. The first-order valence-electron chi connectivity index (χ1n) is 13.5. The highest BCUT2D eigenvalue weighted by molar-refractivity contribution is 6.51. The van der Waals surface area contributed by atoms with Crippen molar-refractivity contribution < 1.29 is 23.8 Å². The number of methoxy groups -OCH3 is 1. The molecule has 0 radical (unpaired) electrons. The van der Waals surface area contributed by atoms with Crippen molar-refractivity contribution in [3.63, 3.8) is 0 Å². The van der Waals surface area contributed by atoms with Crippen molar-refractivity contribution in [2.45, 2.75) is 58.4 Å². The Bertz CT molecular complexity index is 1420. The molecule has 204 valence electrons. The molecule has 3 aromatic rings. The van der Waals surface area contributed by atoms with Gasteiger partial charge >= 0.3 is 0 Å². The Kier molecular flexibility index (Phi) is 7.02. The van der Waals surface area contributed by atoms with Gasteiger partial charge in [0.15, 0.2) is 0 Å². The van der Waals surface area contributed by atoms with Crippen molar-refractivity contribution in [3.05, 3.63) is 82.8 Å². The number of carbonyl (C=O) groups excluding carboxylic acids is 2. The summed E-state index contributed by atoms with van der Waals surface area (Å²) in [6.45, 7) is 9.97. The average Bonchev–Trinajstić information content (AvgIpc) is 3.48. The van der Waals surface area contributed by atoms with E-state index in [0.717, 1.165) is 37.2 Å². The van der Waals surface area contributed by atoms with Gasteiger partial charge in [-0.3, -0.25) is 14.5 Å². The van der Waals surface area contributed by atoms with Crippen LogP contribution in [0.2, 0.25) is 0 Å². The molecule has 2 fully saturated rings. The number of ether oxygens (including phenoxy) is 1. The predicted molar refractivity (Wildman–Crippen MR) is 152 cm³/mol. The Morgan fingerprint density at radius 2 is 1.62 bits per heavy atom. The van der Waals surface area contributed by atoms with Crippen LogP contribution >= 0.6 is 0 Å². The predicted octanol–water partition coefficient (Wildman–Crippen LogP) is 6.51. The molecular weight excluding hydrogens is 492 g/mol. The van der Waals surface area contributed by atoms with Crippen molar-refractivity contribution in [2.24, 2.45) is 0 Å². The standard InChI is InChI=1S/C32H36N2O5/c1-20-9-15-26(39-20)28-27(29(35)21-10-16-25(38-5)24(19-21)32(2,3)4)30(36)31(37)34(28)23-13-11-22(12-14-23)33-17-7-6-8-18-33/h9-16,19,28,35H,6-8,17-18H2,1-5H3/b29-27-. The molecule has 2 aliphatic rings. The number of amides is 1. The van der Waals surface area contributed by atoms with E-state index < -0.39 is 17.7 Å². The first-order chi connectivity index (χ1) is 18.6. The number of hydrogen-bond acceptors (Lipinski definition) is 6. The molecule has 2 saturated heterocycles. The molecule has 7 nitrogen and oxygen atoms in total. The maximum Gasteiger partial charge on any atom is 0.300 e. The first kappa shape index (κ1) is 26.6. The van der Waals surface area contributed by atoms with Crippen LogP contribution in [0.3, 0.4) is 0 Å². The Balaban J connectivity index is 1.61. The maximum atomic E-state index is 13.5. The molecule has 7 heteroatoms. The average molecular weight is 529 g/mol. The van der Waals surface area contributed by atoms with E-state index in [-0.39, 0.29) is 16.7 Å². The normalized spacial score (nSPS) is 19.6. The van der Waals surface area contributed by atoms with Gasteiger partial charge in [-0.1, -0.05) is 20.8 Å². The molecule has 0 bridgehead atoms. The summed E-state index contributed by atoms with van der Waals surface area (Å²) in [5.74, 6) is 0.0542. The van der Waals surface area contributed by atoms with Gasteiger partial charge in [-0.05, 0) is 86.2 Å². The topological polar surface area (TPSA) is 83.2 Å². The second kappa shape index (κ2) is 10.3. The minimum atomic E-state index is -0.903. The van der Waals surface area contributed by atoms with Gasteiger partial charge in [0.1, 0.15) is 29.1 Å². The van der Waals surface area contributed by atoms with Gasteiger partial charge in [-0.25, -0.2) is 0 Å². The lowest BCUT2D eigenvalue weighted by Crippen LogP contribution is -2.30. The number of hydrogen-bond donors (Lipinski definition) is 1. The number of benzene rings is 2. The molecule has 1 unspecified atom stereocenters. The zero-order valence-corrected chi connectivity index (χ0v) is 23.3. The molecule has 2 aromatic carbocycles. The zero-order chi connectivity index (χ0) is 27.9. The summed E-state index contributed by atoms with van der Waals surface area (Å²) in [5.41, 5.74) is 2.70. The summed E-state index contributed by atoms with van der Waals surface area (Å²) in [6, 6.07) is 15.6. The van der Waals surface area contributed by atoms with Crippen LogP contribution in [0.5, 0.6) is 5.75 Å². The summed E-state index contributed by atoms with van der Waals surface area (Å²) >= 11 is 0. The molecule has 39 heavy (non-hydrogen) atoms. The Morgan fingerprint density at radius 3 is 2.21 bits per heavy atom. The summed E-state index contributed by atoms with van der Waals surface area (Å²) in [7, 11) is 1.60. The number of ketones is 1. The van der Waals surface area contributed by atoms with Gasteiger partial charge in [-0.15, -0.1) is 0 Å². The largest absolute Gasteiger partial charge is 0.507 e. The monoisotopic (exact) mass is 528 g/mol. The highest BCUT2D eigenvalue weighted by Gasteiger charge is 2.48. The second-order valence-corrected chi connectivity index (χ2v) is 11.3. The fourth-order valence-electron chi connectivity index (χ4n) is 5.54. The van der Waals surface area contributed by atoms with Gasteiger partial charge in [0, 0.05) is 35.6 Å². The van der Waals surface area contributed by atoms with E-state index in [9.17, 15) is 14.7 Å². The van der Waals surface area contributed by atoms with E-state index in [1.54, 1.807) is 31.4 Å². The number of aliphatic hydroxyl groups is 1. The van der Waals surface area contributed by atoms with Crippen LogP contribution in [-0.4, -0.2) is 37.0 Å². The van der Waals surface area contributed by atoms with Crippen LogP contribution in [0.25, 0.3) is 5.76 Å². The summed E-state index contributed by atoms with van der Waals surface area (Å²) < 4.78 is 11.5. The smallest absolute Gasteiger partial charge is 0.300 e. The van der Waals surface area contributed by atoms with E-state index in [0.29, 0.717) is 28.5 Å². The molecular formula is C32H36N2O5. The highest BCUT2D eigenvalue weighted by Crippen LogP contribution is 2.44. The summed E-state index contributed by atoms with van der Waals surface area (Å²) in [5, 5.41) is 11.6. The number of carbonyl (C=O) groups is 2. The van der Waals surface area contributed by atoms with E-state index in [2.05, 4.69) is 4.90 Å².